The molecule has 1 N–H and O–H groups in total. The van der Waals surface area contributed by atoms with Gasteiger partial charge >= 0.3 is 0 Å². The summed E-state index contributed by atoms with van der Waals surface area (Å²) in [6.07, 6.45) is 0.0802. The Morgan fingerprint density at radius 3 is 2.63 bits per heavy atom. The molecule has 1 aliphatic heterocycles. The number of aryl methyl sites for hydroxylation is 1. The molecule has 5 nitrogen and oxygen atoms in total. The van der Waals surface area contributed by atoms with Crippen LogP contribution in [0.1, 0.15) is 31.4 Å². The number of rotatable bonds is 6. The fraction of sp³-hybridized carbons (Fsp3) is 0.348. The molecule has 2 aromatic rings. The summed E-state index contributed by atoms with van der Waals surface area (Å²) < 4.78 is 0. The van der Waals surface area contributed by atoms with Gasteiger partial charge in [-0.05, 0) is 49.1 Å². The number of aliphatic imine (C=N–C) groups is 1. The highest BCUT2D eigenvalue weighted by Crippen LogP contribution is 2.33. The molecule has 1 saturated heterocycles. The van der Waals surface area contributed by atoms with Crippen molar-refractivity contribution in [1.82, 2.24) is 4.90 Å². The van der Waals surface area contributed by atoms with Crippen molar-refractivity contribution >= 4 is 51.7 Å². The third-order valence-electron chi connectivity index (χ3n) is 4.81. The second-order valence-electron chi connectivity index (χ2n) is 7.79. The molecule has 7 heteroatoms. The van der Waals surface area contributed by atoms with Crippen molar-refractivity contribution in [2.45, 2.75) is 39.4 Å². The minimum Gasteiger partial charge on any atom is -0.326 e. The number of anilines is 1. The van der Waals surface area contributed by atoms with E-state index < -0.39 is 5.25 Å². The lowest BCUT2D eigenvalue weighted by atomic mass is 10.1. The summed E-state index contributed by atoms with van der Waals surface area (Å²) in [7, 11) is 0. The minimum absolute atomic E-state index is 0.0704. The maximum Gasteiger partial charge on any atom is 0.242 e. The molecule has 2 aromatic carbocycles. The molecule has 0 aromatic heterocycles. The SMILES string of the molecule is Cc1ccccc1N=C1SC(CC(=O)Nc2cccc(Cl)c2C)C(=O)N1CC(C)C. The van der Waals surface area contributed by atoms with Crippen LogP contribution in [0.25, 0.3) is 0 Å². The first-order chi connectivity index (χ1) is 14.3. The van der Waals surface area contributed by atoms with Gasteiger partial charge in [0, 0.05) is 23.7 Å². The summed E-state index contributed by atoms with van der Waals surface area (Å²) in [6, 6.07) is 13.2. The van der Waals surface area contributed by atoms with Crippen LogP contribution in [0.4, 0.5) is 11.4 Å². The zero-order valence-corrected chi connectivity index (χ0v) is 19.2. The molecule has 0 spiro atoms. The Morgan fingerprint density at radius 1 is 1.20 bits per heavy atom. The Hall–Kier alpha value is -2.31. The van der Waals surface area contributed by atoms with Gasteiger partial charge < -0.3 is 5.32 Å². The normalized spacial score (nSPS) is 17.8. The van der Waals surface area contributed by atoms with Crippen molar-refractivity contribution in [2.75, 3.05) is 11.9 Å². The molecule has 1 atom stereocenters. The van der Waals surface area contributed by atoms with E-state index in [9.17, 15) is 9.59 Å². The molecule has 0 aliphatic carbocycles. The maximum absolute atomic E-state index is 13.1. The number of amides is 2. The molecular formula is C23H26ClN3O2S. The average molecular weight is 444 g/mol. The number of nitrogens with one attached hydrogen (secondary N) is 1. The predicted octanol–water partition coefficient (Wildman–Crippen LogP) is 5.57. The van der Waals surface area contributed by atoms with Crippen LogP contribution in [-0.2, 0) is 9.59 Å². The van der Waals surface area contributed by atoms with Gasteiger partial charge in [0.2, 0.25) is 11.8 Å². The van der Waals surface area contributed by atoms with E-state index in [1.807, 2.05) is 38.1 Å². The van der Waals surface area contributed by atoms with E-state index in [2.05, 4.69) is 19.2 Å². The Balaban J connectivity index is 1.78. The van der Waals surface area contributed by atoms with Crippen LogP contribution in [0.3, 0.4) is 0 Å². The number of hydrogen-bond donors (Lipinski definition) is 1. The standard InChI is InChI=1S/C23H26ClN3O2S/c1-14(2)13-27-22(29)20(30-23(27)26-18-10-6-5-8-15(18)3)12-21(28)25-19-11-7-9-17(24)16(19)4/h5-11,14,20H,12-13H2,1-4H3,(H,25,28). The molecule has 1 aliphatic rings. The molecule has 30 heavy (non-hydrogen) atoms. The van der Waals surface area contributed by atoms with Crippen LogP contribution in [-0.4, -0.2) is 33.7 Å². The van der Waals surface area contributed by atoms with Crippen LogP contribution in [0.5, 0.6) is 0 Å². The number of carbonyl (C=O) groups is 2. The van der Waals surface area contributed by atoms with Crippen LogP contribution >= 0.6 is 23.4 Å². The molecule has 1 heterocycles. The zero-order chi connectivity index (χ0) is 21.8. The third-order valence-corrected chi connectivity index (χ3v) is 6.40. The molecule has 3 rings (SSSR count). The van der Waals surface area contributed by atoms with Crippen LogP contribution in [0.2, 0.25) is 5.02 Å². The fourth-order valence-electron chi connectivity index (χ4n) is 3.16. The first-order valence-corrected chi connectivity index (χ1v) is 11.2. The van der Waals surface area contributed by atoms with Crippen molar-refractivity contribution < 1.29 is 9.59 Å². The quantitative estimate of drug-likeness (QED) is 0.634. The van der Waals surface area contributed by atoms with E-state index in [4.69, 9.17) is 16.6 Å². The van der Waals surface area contributed by atoms with Gasteiger partial charge in [-0.15, -0.1) is 0 Å². The molecule has 158 valence electrons. The number of nitrogens with zero attached hydrogens (tertiary/aromatic N) is 2. The summed E-state index contributed by atoms with van der Waals surface area (Å²) in [6.45, 7) is 8.54. The highest BCUT2D eigenvalue weighted by atomic mass is 35.5. The van der Waals surface area contributed by atoms with E-state index in [0.29, 0.717) is 28.3 Å². The Labute approximate surface area is 186 Å². The molecule has 2 amide bonds. The summed E-state index contributed by atoms with van der Waals surface area (Å²) in [5.74, 6) is 0.00478. The monoisotopic (exact) mass is 443 g/mol. The first-order valence-electron chi connectivity index (χ1n) is 9.93. The average Bonchev–Trinajstić information content (AvgIpc) is 2.95. The lowest BCUT2D eigenvalue weighted by Gasteiger charge is -2.19. The van der Waals surface area contributed by atoms with E-state index >= 15 is 0 Å². The zero-order valence-electron chi connectivity index (χ0n) is 17.6. The lowest BCUT2D eigenvalue weighted by molar-refractivity contribution is -0.128. The van der Waals surface area contributed by atoms with Crippen molar-refractivity contribution in [1.29, 1.82) is 0 Å². The largest absolute Gasteiger partial charge is 0.326 e. The van der Waals surface area contributed by atoms with Crippen LogP contribution in [0.15, 0.2) is 47.5 Å². The maximum atomic E-state index is 13.1. The molecular weight excluding hydrogens is 418 g/mol. The summed E-state index contributed by atoms with van der Waals surface area (Å²) in [5, 5.41) is 3.63. The second kappa shape index (κ2) is 9.67. The summed E-state index contributed by atoms with van der Waals surface area (Å²) in [4.78, 5) is 32.2. The van der Waals surface area contributed by atoms with Gasteiger partial charge in [0.15, 0.2) is 5.17 Å². The predicted molar refractivity (Wildman–Crippen MR) is 126 cm³/mol. The number of benzene rings is 2. The second-order valence-corrected chi connectivity index (χ2v) is 9.37. The number of halogens is 1. The van der Waals surface area contributed by atoms with Gasteiger partial charge in [0.25, 0.3) is 0 Å². The van der Waals surface area contributed by atoms with Gasteiger partial charge in [0.1, 0.15) is 5.25 Å². The van der Waals surface area contributed by atoms with E-state index in [1.54, 1.807) is 23.1 Å². The van der Waals surface area contributed by atoms with Crippen molar-refractivity contribution in [3.63, 3.8) is 0 Å². The van der Waals surface area contributed by atoms with Crippen molar-refractivity contribution in [3.05, 3.63) is 58.6 Å². The van der Waals surface area contributed by atoms with E-state index in [-0.39, 0.29) is 18.2 Å². The Morgan fingerprint density at radius 2 is 1.93 bits per heavy atom. The molecule has 1 unspecified atom stereocenters. The van der Waals surface area contributed by atoms with Crippen LogP contribution in [0, 0.1) is 19.8 Å². The molecule has 0 radical (unpaired) electrons. The van der Waals surface area contributed by atoms with Gasteiger partial charge in [-0.1, -0.05) is 61.5 Å². The van der Waals surface area contributed by atoms with Crippen LogP contribution < -0.4 is 5.32 Å². The number of carbonyl (C=O) groups excluding carboxylic acids is 2. The molecule has 0 bridgehead atoms. The Bertz CT molecular complexity index is 990. The van der Waals surface area contributed by atoms with Gasteiger partial charge in [-0.25, -0.2) is 4.99 Å². The number of amidine groups is 1. The van der Waals surface area contributed by atoms with E-state index in [1.165, 1.54) is 11.8 Å². The Kier molecular flexibility index (Phi) is 7.21. The molecule has 0 saturated carbocycles. The van der Waals surface area contributed by atoms with Gasteiger partial charge in [-0.3, -0.25) is 14.5 Å². The van der Waals surface area contributed by atoms with Crippen molar-refractivity contribution in [2.24, 2.45) is 10.9 Å². The number of para-hydroxylation sites is 1. The van der Waals surface area contributed by atoms with Gasteiger partial charge in [0.05, 0.1) is 5.69 Å². The highest BCUT2D eigenvalue weighted by Gasteiger charge is 2.39. The number of thioether (sulfide) groups is 1. The third kappa shape index (κ3) is 5.24. The van der Waals surface area contributed by atoms with E-state index in [0.717, 1.165) is 16.8 Å². The molecule has 1 fully saturated rings. The summed E-state index contributed by atoms with van der Waals surface area (Å²) >= 11 is 7.49. The van der Waals surface area contributed by atoms with Crippen molar-refractivity contribution in [3.8, 4) is 0 Å². The fourth-order valence-corrected chi connectivity index (χ4v) is 4.50. The summed E-state index contributed by atoms with van der Waals surface area (Å²) in [5.41, 5.74) is 3.35. The number of hydrogen-bond acceptors (Lipinski definition) is 4. The van der Waals surface area contributed by atoms with Gasteiger partial charge in [-0.2, -0.15) is 0 Å². The minimum atomic E-state index is -0.494. The lowest BCUT2D eigenvalue weighted by Crippen LogP contribution is -2.36. The smallest absolute Gasteiger partial charge is 0.242 e. The first kappa shape index (κ1) is 22.4. The highest BCUT2D eigenvalue weighted by molar-refractivity contribution is 8.15. The topological polar surface area (TPSA) is 61.8 Å².